The number of morpholine rings is 1. The molecule has 10 nitrogen and oxygen atoms in total. The minimum Gasteiger partial charge on any atom is -0.477 e. The molecular formula is C17H19N5O5S. The Labute approximate surface area is 164 Å². The molecule has 1 fully saturated rings. The van der Waals surface area contributed by atoms with E-state index in [0.717, 1.165) is 17.4 Å². The van der Waals surface area contributed by atoms with Crippen LogP contribution >= 0.6 is 11.8 Å². The van der Waals surface area contributed by atoms with Gasteiger partial charge in [-0.2, -0.15) is 0 Å². The molecule has 2 heterocycles. The van der Waals surface area contributed by atoms with Crippen LogP contribution in [-0.2, 0) is 16.0 Å². The SMILES string of the molecule is CCc1nc(S/C(=C\c2cc([N+](=O)[O-])ccc2N2CCOCC2)C(=O)O)n[nH]1. The third-order valence-electron chi connectivity index (χ3n) is 4.12. The molecule has 11 heteroatoms. The van der Waals surface area contributed by atoms with E-state index in [0.29, 0.717) is 44.1 Å². The van der Waals surface area contributed by atoms with Crippen molar-refractivity contribution in [2.45, 2.75) is 18.5 Å². The zero-order valence-electron chi connectivity index (χ0n) is 15.1. The second-order valence-corrected chi connectivity index (χ2v) is 6.94. The number of nitro groups is 1. The van der Waals surface area contributed by atoms with Crippen molar-refractivity contribution < 1.29 is 19.6 Å². The lowest BCUT2D eigenvalue weighted by molar-refractivity contribution is -0.384. The van der Waals surface area contributed by atoms with Crippen molar-refractivity contribution in [1.82, 2.24) is 15.2 Å². The van der Waals surface area contributed by atoms with Gasteiger partial charge in [0.25, 0.3) is 5.69 Å². The molecule has 3 rings (SSSR count). The summed E-state index contributed by atoms with van der Waals surface area (Å²) in [6, 6.07) is 4.43. The summed E-state index contributed by atoms with van der Waals surface area (Å²) in [4.78, 5) is 28.7. The highest BCUT2D eigenvalue weighted by Crippen LogP contribution is 2.32. The number of aryl methyl sites for hydroxylation is 1. The molecule has 0 saturated carbocycles. The molecule has 0 spiro atoms. The van der Waals surface area contributed by atoms with Crippen LogP contribution in [0.3, 0.4) is 0 Å². The Bertz CT molecular complexity index is 907. The molecule has 0 bridgehead atoms. The molecule has 1 aromatic heterocycles. The Kier molecular flexibility index (Phi) is 6.26. The minimum absolute atomic E-state index is 0.0309. The van der Waals surface area contributed by atoms with Gasteiger partial charge in [-0.15, -0.1) is 5.10 Å². The number of thioether (sulfide) groups is 1. The number of aromatic amines is 1. The molecule has 0 atom stereocenters. The van der Waals surface area contributed by atoms with Crippen molar-refractivity contribution in [3.05, 3.63) is 44.6 Å². The zero-order chi connectivity index (χ0) is 20.1. The Morgan fingerprint density at radius 2 is 2.21 bits per heavy atom. The first kappa shape index (κ1) is 19.8. The van der Waals surface area contributed by atoms with Gasteiger partial charge >= 0.3 is 5.97 Å². The summed E-state index contributed by atoms with van der Waals surface area (Å²) in [5, 5.41) is 27.8. The van der Waals surface area contributed by atoms with Crippen LogP contribution in [0.2, 0.25) is 0 Å². The first-order valence-electron chi connectivity index (χ1n) is 8.63. The van der Waals surface area contributed by atoms with Gasteiger partial charge in [-0.25, -0.2) is 9.78 Å². The van der Waals surface area contributed by atoms with Crippen molar-refractivity contribution in [2.75, 3.05) is 31.2 Å². The van der Waals surface area contributed by atoms with Gasteiger partial charge in [0.2, 0.25) is 5.16 Å². The second-order valence-electron chi connectivity index (χ2n) is 5.93. The van der Waals surface area contributed by atoms with Crippen molar-refractivity contribution >= 4 is 35.2 Å². The third kappa shape index (κ3) is 4.67. The monoisotopic (exact) mass is 405 g/mol. The normalized spacial score (nSPS) is 14.9. The van der Waals surface area contributed by atoms with Gasteiger partial charge in [-0.1, -0.05) is 6.92 Å². The van der Waals surface area contributed by atoms with E-state index in [1.54, 1.807) is 6.07 Å². The van der Waals surface area contributed by atoms with E-state index in [1.807, 2.05) is 11.8 Å². The fourth-order valence-electron chi connectivity index (χ4n) is 2.72. The summed E-state index contributed by atoms with van der Waals surface area (Å²) >= 11 is 0.892. The molecule has 0 amide bonds. The second kappa shape index (κ2) is 8.85. The quantitative estimate of drug-likeness (QED) is 0.308. The molecule has 148 valence electrons. The third-order valence-corrected chi connectivity index (χ3v) is 5.00. The number of aromatic nitrogens is 3. The number of non-ortho nitro benzene ring substituents is 1. The minimum atomic E-state index is -1.16. The van der Waals surface area contributed by atoms with Crippen LogP contribution in [0.25, 0.3) is 6.08 Å². The number of ether oxygens (including phenoxy) is 1. The van der Waals surface area contributed by atoms with E-state index in [2.05, 4.69) is 15.2 Å². The lowest BCUT2D eigenvalue weighted by Crippen LogP contribution is -2.36. The Balaban J connectivity index is 1.99. The van der Waals surface area contributed by atoms with E-state index < -0.39 is 10.9 Å². The van der Waals surface area contributed by atoms with Crippen LogP contribution in [0.1, 0.15) is 18.3 Å². The maximum atomic E-state index is 11.8. The smallest absolute Gasteiger partial charge is 0.342 e. The van der Waals surface area contributed by atoms with Crippen LogP contribution < -0.4 is 4.90 Å². The molecule has 1 aromatic carbocycles. The molecule has 1 aliphatic rings. The Hall–Kier alpha value is -2.92. The number of carboxylic acids is 1. The summed E-state index contributed by atoms with van der Waals surface area (Å²) in [5.41, 5.74) is 1.06. The van der Waals surface area contributed by atoms with Crippen LogP contribution in [0.5, 0.6) is 0 Å². The number of benzene rings is 1. The molecule has 0 radical (unpaired) electrons. The predicted octanol–water partition coefficient (Wildman–Crippen LogP) is 2.33. The number of nitrogens with zero attached hydrogens (tertiary/aromatic N) is 4. The fourth-order valence-corrected chi connectivity index (χ4v) is 3.44. The van der Waals surface area contributed by atoms with Crippen molar-refractivity contribution in [2.24, 2.45) is 0 Å². The number of nitro benzene ring substituents is 1. The molecule has 0 unspecified atom stereocenters. The van der Waals surface area contributed by atoms with Crippen LogP contribution in [0.15, 0.2) is 28.3 Å². The van der Waals surface area contributed by atoms with E-state index in [9.17, 15) is 20.0 Å². The molecule has 1 aliphatic heterocycles. The topological polar surface area (TPSA) is 134 Å². The first-order valence-corrected chi connectivity index (χ1v) is 9.45. The van der Waals surface area contributed by atoms with Crippen LogP contribution in [0, 0.1) is 10.1 Å². The number of carboxylic acid groups (broad SMARTS) is 1. The average Bonchev–Trinajstić information content (AvgIpc) is 3.15. The molecule has 2 N–H and O–H groups in total. The van der Waals surface area contributed by atoms with E-state index >= 15 is 0 Å². The van der Waals surface area contributed by atoms with E-state index in [1.165, 1.54) is 18.2 Å². The summed E-state index contributed by atoms with van der Waals surface area (Å²) in [6.45, 7) is 4.22. The summed E-state index contributed by atoms with van der Waals surface area (Å²) in [7, 11) is 0. The molecule has 2 aromatic rings. The molecule has 28 heavy (non-hydrogen) atoms. The fraction of sp³-hybridized carbons (Fsp3) is 0.353. The number of rotatable bonds is 7. The van der Waals surface area contributed by atoms with Gasteiger partial charge < -0.3 is 14.7 Å². The highest BCUT2D eigenvalue weighted by molar-refractivity contribution is 8.04. The number of H-pyrrole nitrogens is 1. The average molecular weight is 405 g/mol. The highest BCUT2D eigenvalue weighted by atomic mass is 32.2. The summed E-state index contributed by atoms with van der Waals surface area (Å²) in [5.74, 6) is -0.510. The number of nitrogens with one attached hydrogen (secondary N) is 1. The van der Waals surface area contributed by atoms with Gasteiger partial charge in [-0.05, 0) is 23.9 Å². The number of aliphatic carboxylic acids is 1. The van der Waals surface area contributed by atoms with Crippen molar-refractivity contribution in [3.63, 3.8) is 0 Å². The van der Waals surface area contributed by atoms with Crippen molar-refractivity contribution in [3.8, 4) is 0 Å². The van der Waals surface area contributed by atoms with E-state index in [-0.39, 0.29) is 15.7 Å². The van der Waals surface area contributed by atoms with Gasteiger partial charge in [0.15, 0.2) is 0 Å². The molecular weight excluding hydrogens is 386 g/mol. The van der Waals surface area contributed by atoms with Crippen LogP contribution in [-0.4, -0.2) is 57.5 Å². The molecule has 0 aliphatic carbocycles. The van der Waals surface area contributed by atoms with E-state index in [4.69, 9.17) is 4.74 Å². The predicted molar refractivity (Wildman–Crippen MR) is 103 cm³/mol. The highest BCUT2D eigenvalue weighted by Gasteiger charge is 2.20. The van der Waals surface area contributed by atoms with Crippen LogP contribution in [0.4, 0.5) is 11.4 Å². The summed E-state index contributed by atoms with van der Waals surface area (Å²) in [6.07, 6.45) is 2.07. The van der Waals surface area contributed by atoms with Crippen molar-refractivity contribution in [1.29, 1.82) is 0 Å². The largest absolute Gasteiger partial charge is 0.477 e. The standard InChI is InChI=1S/C17H19N5O5S/c1-2-15-18-17(20-19-15)28-14(16(23)24)10-11-9-12(22(25)26)3-4-13(11)21-5-7-27-8-6-21/h3-4,9-10H,2,5-8H2,1H3,(H,23,24)(H,18,19,20)/b14-10-. The lowest BCUT2D eigenvalue weighted by atomic mass is 10.1. The number of hydrogen-bond acceptors (Lipinski definition) is 8. The van der Waals surface area contributed by atoms with Gasteiger partial charge in [-0.3, -0.25) is 15.2 Å². The Morgan fingerprint density at radius 1 is 1.46 bits per heavy atom. The first-order chi connectivity index (χ1) is 13.5. The zero-order valence-corrected chi connectivity index (χ0v) is 15.9. The molecule has 1 saturated heterocycles. The lowest BCUT2D eigenvalue weighted by Gasteiger charge is -2.30. The van der Waals surface area contributed by atoms with Gasteiger partial charge in [0, 0.05) is 42.9 Å². The van der Waals surface area contributed by atoms with Gasteiger partial charge in [0.05, 0.1) is 18.1 Å². The number of carbonyl (C=O) groups is 1. The summed E-state index contributed by atoms with van der Waals surface area (Å²) < 4.78 is 5.35. The number of anilines is 1. The number of hydrogen-bond donors (Lipinski definition) is 2. The maximum Gasteiger partial charge on any atom is 0.342 e. The van der Waals surface area contributed by atoms with Gasteiger partial charge in [0.1, 0.15) is 10.7 Å². The maximum absolute atomic E-state index is 11.8. The Morgan fingerprint density at radius 3 is 2.82 bits per heavy atom.